The highest BCUT2D eigenvalue weighted by Crippen LogP contribution is 2.41. The summed E-state index contributed by atoms with van der Waals surface area (Å²) in [6.07, 6.45) is 0.697. The van der Waals surface area contributed by atoms with E-state index in [1.54, 1.807) is 32.0 Å². The van der Waals surface area contributed by atoms with Gasteiger partial charge < -0.3 is 9.47 Å². The highest BCUT2D eigenvalue weighted by Gasteiger charge is 2.45. The third-order valence-electron chi connectivity index (χ3n) is 5.13. The van der Waals surface area contributed by atoms with Crippen LogP contribution >= 0.6 is 0 Å². The van der Waals surface area contributed by atoms with Crippen LogP contribution in [-0.2, 0) is 35.5 Å². The summed E-state index contributed by atoms with van der Waals surface area (Å²) in [5.41, 5.74) is -0.386. The lowest BCUT2D eigenvalue weighted by molar-refractivity contribution is -0.240. The fourth-order valence-electron chi connectivity index (χ4n) is 3.72. The maximum absolute atomic E-state index is 14.6. The van der Waals surface area contributed by atoms with Gasteiger partial charge in [-0.1, -0.05) is 25.1 Å². The zero-order valence-electron chi connectivity index (χ0n) is 16.9. The minimum absolute atomic E-state index is 0.117. The molecule has 1 aliphatic heterocycles. The second-order valence-corrected chi connectivity index (χ2v) is 10.3. The van der Waals surface area contributed by atoms with Crippen LogP contribution in [0.1, 0.15) is 59.4 Å². The van der Waals surface area contributed by atoms with Crippen molar-refractivity contribution in [2.45, 2.75) is 69.8 Å². The molecule has 8 heteroatoms. The summed E-state index contributed by atoms with van der Waals surface area (Å²) >= 11 is 0. The molecule has 2 atom stereocenters. The monoisotopic (exact) mass is 413 g/mol. The molecular formula is C20H28FNO5S. The Balaban J connectivity index is 2.31. The molecule has 28 heavy (non-hydrogen) atoms. The van der Waals surface area contributed by atoms with Crippen molar-refractivity contribution in [2.24, 2.45) is 11.1 Å². The zero-order valence-corrected chi connectivity index (χ0v) is 17.7. The van der Waals surface area contributed by atoms with Crippen LogP contribution in [0.25, 0.3) is 0 Å². The fraction of sp³-hybridized carbons (Fsp3) is 0.600. The lowest BCUT2D eigenvalue weighted by Gasteiger charge is -2.38. The number of benzene rings is 1. The SMILES string of the molecule is CC1(C)OC(=O)C(CC[C@@](C)(CC(C)(C)S(N)=O)c2ccccc2F)C(=O)O1. The number of nitrogens with two attached hydrogens (primary N) is 1. The Labute approximate surface area is 167 Å². The van der Waals surface area contributed by atoms with E-state index in [9.17, 15) is 18.2 Å². The van der Waals surface area contributed by atoms with E-state index in [1.807, 2.05) is 6.92 Å². The van der Waals surface area contributed by atoms with Crippen molar-refractivity contribution in [3.63, 3.8) is 0 Å². The molecule has 1 aliphatic rings. The molecule has 1 fully saturated rings. The Hall–Kier alpha value is -1.80. The van der Waals surface area contributed by atoms with E-state index >= 15 is 0 Å². The number of carbonyl (C=O) groups excluding carboxylic acids is 2. The Morgan fingerprint density at radius 3 is 2.18 bits per heavy atom. The van der Waals surface area contributed by atoms with Gasteiger partial charge in [0.2, 0.25) is 0 Å². The van der Waals surface area contributed by atoms with Gasteiger partial charge in [-0.05, 0) is 50.2 Å². The van der Waals surface area contributed by atoms with Gasteiger partial charge in [0.25, 0.3) is 5.79 Å². The van der Waals surface area contributed by atoms with E-state index in [0.717, 1.165) is 0 Å². The molecule has 0 aromatic heterocycles. The van der Waals surface area contributed by atoms with Crippen molar-refractivity contribution in [3.05, 3.63) is 35.6 Å². The molecule has 1 saturated heterocycles. The maximum Gasteiger partial charge on any atom is 0.323 e. The van der Waals surface area contributed by atoms with Crippen LogP contribution in [0.4, 0.5) is 4.39 Å². The Bertz CT molecular complexity index is 775. The van der Waals surface area contributed by atoms with Crippen LogP contribution < -0.4 is 5.14 Å². The van der Waals surface area contributed by atoms with Crippen LogP contribution in [0.3, 0.4) is 0 Å². The van der Waals surface area contributed by atoms with E-state index in [2.05, 4.69) is 0 Å². The van der Waals surface area contributed by atoms with Crippen LogP contribution in [0.5, 0.6) is 0 Å². The molecule has 1 aromatic carbocycles. The minimum atomic E-state index is -1.64. The number of cyclic esters (lactones) is 2. The number of esters is 2. The second-order valence-electron chi connectivity index (χ2n) is 8.61. The smallest absolute Gasteiger partial charge is 0.323 e. The van der Waals surface area contributed by atoms with Crippen molar-refractivity contribution in [2.75, 3.05) is 0 Å². The van der Waals surface area contributed by atoms with Gasteiger partial charge in [0.05, 0.1) is 15.7 Å². The summed E-state index contributed by atoms with van der Waals surface area (Å²) in [6, 6.07) is 6.31. The van der Waals surface area contributed by atoms with Gasteiger partial charge in [-0.2, -0.15) is 0 Å². The van der Waals surface area contributed by atoms with E-state index in [-0.39, 0.29) is 12.8 Å². The normalized spacial score (nSPS) is 20.8. The second kappa shape index (κ2) is 7.91. The summed E-state index contributed by atoms with van der Waals surface area (Å²) in [5, 5.41) is 5.64. The van der Waals surface area contributed by atoms with Gasteiger partial charge in [0, 0.05) is 13.8 Å². The predicted molar refractivity (Wildman–Crippen MR) is 104 cm³/mol. The number of halogens is 1. The first-order chi connectivity index (χ1) is 12.8. The minimum Gasteiger partial charge on any atom is -0.422 e. The summed E-state index contributed by atoms with van der Waals surface area (Å²) in [6.45, 7) is 8.29. The van der Waals surface area contributed by atoms with Gasteiger partial charge >= 0.3 is 11.9 Å². The lowest BCUT2D eigenvalue weighted by Crippen LogP contribution is -2.47. The summed E-state index contributed by atoms with van der Waals surface area (Å²) in [7, 11) is -1.64. The van der Waals surface area contributed by atoms with E-state index in [4.69, 9.17) is 14.6 Å². The number of rotatable bonds is 7. The summed E-state index contributed by atoms with van der Waals surface area (Å²) in [4.78, 5) is 24.5. The third kappa shape index (κ3) is 4.97. The fourth-order valence-corrected chi connectivity index (χ4v) is 4.18. The van der Waals surface area contributed by atoms with Gasteiger partial charge in [-0.3, -0.25) is 14.7 Å². The molecular weight excluding hydrogens is 385 g/mol. The molecule has 0 saturated carbocycles. The molecule has 1 heterocycles. The number of carbonyl (C=O) groups is 2. The standard InChI is InChI=1S/C20H28FNO5S/c1-18(2,28(22)25)12-20(5,14-8-6-7-9-15(14)21)11-10-13-16(23)26-19(3,4)27-17(13)24/h6-9,13H,10-12,22H2,1-5H3/t20-,28?/m0/s1. The lowest BCUT2D eigenvalue weighted by atomic mass is 9.71. The average Bonchev–Trinajstić information content (AvgIpc) is 2.52. The van der Waals surface area contributed by atoms with Gasteiger partial charge in [-0.25, -0.2) is 8.60 Å². The molecule has 2 rings (SSSR count). The predicted octanol–water partition coefficient (Wildman–Crippen LogP) is 3.11. The van der Waals surface area contributed by atoms with Gasteiger partial charge in [0.1, 0.15) is 5.82 Å². The molecule has 0 amide bonds. The zero-order chi connectivity index (χ0) is 21.3. The molecule has 2 N–H and O–H groups in total. The Morgan fingerprint density at radius 1 is 1.14 bits per heavy atom. The maximum atomic E-state index is 14.6. The van der Waals surface area contributed by atoms with Gasteiger partial charge in [-0.15, -0.1) is 0 Å². The molecule has 1 aromatic rings. The quantitative estimate of drug-likeness (QED) is 0.547. The highest BCUT2D eigenvalue weighted by molar-refractivity contribution is 7.84. The van der Waals surface area contributed by atoms with Gasteiger partial charge in [0.15, 0.2) is 5.92 Å². The van der Waals surface area contributed by atoms with E-state index in [1.165, 1.54) is 19.9 Å². The number of ether oxygens (including phenoxy) is 2. The van der Waals surface area contributed by atoms with Crippen molar-refractivity contribution < 1.29 is 27.7 Å². The molecule has 1 unspecified atom stereocenters. The Morgan fingerprint density at radius 2 is 1.68 bits per heavy atom. The molecule has 0 radical (unpaired) electrons. The van der Waals surface area contributed by atoms with Crippen molar-refractivity contribution >= 4 is 22.9 Å². The molecule has 156 valence electrons. The van der Waals surface area contributed by atoms with Crippen LogP contribution in [0, 0.1) is 11.7 Å². The van der Waals surface area contributed by atoms with Crippen LogP contribution in [-0.4, -0.2) is 26.7 Å². The number of hydrogen-bond acceptors (Lipinski definition) is 5. The Kier molecular flexibility index (Phi) is 6.35. The largest absolute Gasteiger partial charge is 0.422 e. The summed E-state index contributed by atoms with van der Waals surface area (Å²) < 4.78 is 36.1. The van der Waals surface area contributed by atoms with E-state index in [0.29, 0.717) is 12.0 Å². The van der Waals surface area contributed by atoms with E-state index < -0.39 is 50.6 Å². The third-order valence-corrected chi connectivity index (χ3v) is 6.36. The topological polar surface area (TPSA) is 95.7 Å². The average molecular weight is 414 g/mol. The van der Waals surface area contributed by atoms with Crippen molar-refractivity contribution in [1.29, 1.82) is 0 Å². The van der Waals surface area contributed by atoms with Crippen molar-refractivity contribution in [1.82, 2.24) is 0 Å². The van der Waals surface area contributed by atoms with Crippen LogP contribution in [0.15, 0.2) is 24.3 Å². The molecule has 0 aliphatic carbocycles. The van der Waals surface area contributed by atoms with Crippen LogP contribution in [0.2, 0.25) is 0 Å². The molecule has 0 spiro atoms. The molecule has 0 bridgehead atoms. The number of hydrogen-bond donors (Lipinski definition) is 1. The first-order valence-electron chi connectivity index (χ1n) is 9.14. The summed E-state index contributed by atoms with van der Waals surface area (Å²) in [5.74, 6) is -4.08. The highest BCUT2D eigenvalue weighted by atomic mass is 32.2. The first kappa shape index (κ1) is 22.5. The first-order valence-corrected chi connectivity index (χ1v) is 10.4. The van der Waals surface area contributed by atoms with Crippen molar-refractivity contribution in [3.8, 4) is 0 Å². The molecule has 6 nitrogen and oxygen atoms in total.